The highest BCUT2D eigenvalue weighted by Crippen LogP contribution is 2.35. The molecule has 0 atom stereocenters. The van der Waals surface area contributed by atoms with Gasteiger partial charge in [-0.3, -0.25) is 4.79 Å². The molecule has 0 saturated heterocycles. The molecule has 0 N–H and O–H groups in total. The first-order chi connectivity index (χ1) is 9.98. The molecule has 21 heavy (non-hydrogen) atoms. The number of amides is 1. The van der Waals surface area contributed by atoms with Crippen molar-refractivity contribution in [1.82, 2.24) is 4.90 Å². The lowest BCUT2D eigenvalue weighted by Crippen LogP contribution is -2.32. The van der Waals surface area contributed by atoms with Crippen LogP contribution in [0.4, 0.5) is 0 Å². The van der Waals surface area contributed by atoms with E-state index in [0.717, 1.165) is 5.57 Å². The van der Waals surface area contributed by atoms with Crippen molar-refractivity contribution in [3.8, 4) is 17.2 Å². The summed E-state index contributed by atoms with van der Waals surface area (Å²) < 4.78 is 15.8. The lowest BCUT2D eigenvalue weighted by atomic mass is 10.1. The number of hydrogen-bond acceptors (Lipinski definition) is 4. The van der Waals surface area contributed by atoms with Crippen LogP contribution in [0.2, 0.25) is 0 Å². The molecule has 0 aromatic heterocycles. The quantitative estimate of drug-likeness (QED) is 0.725. The van der Waals surface area contributed by atoms with E-state index in [9.17, 15) is 4.79 Å². The first kappa shape index (κ1) is 16.9. The van der Waals surface area contributed by atoms with Gasteiger partial charge >= 0.3 is 0 Å². The molecule has 1 rings (SSSR count). The van der Waals surface area contributed by atoms with Gasteiger partial charge in [0, 0.05) is 25.2 Å². The minimum Gasteiger partial charge on any atom is -0.496 e. The van der Waals surface area contributed by atoms with Gasteiger partial charge in [-0.05, 0) is 13.8 Å². The van der Waals surface area contributed by atoms with Gasteiger partial charge < -0.3 is 19.1 Å². The van der Waals surface area contributed by atoms with Gasteiger partial charge in [-0.2, -0.15) is 0 Å². The average molecular weight is 293 g/mol. The Morgan fingerprint density at radius 1 is 1.10 bits per heavy atom. The summed E-state index contributed by atoms with van der Waals surface area (Å²) >= 11 is 0. The van der Waals surface area contributed by atoms with Gasteiger partial charge in [0.05, 0.1) is 26.9 Å². The van der Waals surface area contributed by atoms with E-state index in [1.165, 1.54) is 21.3 Å². The number of benzene rings is 1. The number of nitrogens with zero attached hydrogens (tertiary/aromatic N) is 1. The third-order valence-electron chi connectivity index (χ3n) is 3.07. The van der Waals surface area contributed by atoms with E-state index >= 15 is 0 Å². The van der Waals surface area contributed by atoms with Crippen LogP contribution in [0, 0.1) is 0 Å². The fourth-order valence-corrected chi connectivity index (χ4v) is 2.02. The maximum Gasteiger partial charge on any atom is 0.258 e. The Bertz CT molecular complexity index is 525. The van der Waals surface area contributed by atoms with Crippen molar-refractivity contribution >= 4 is 5.91 Å². The van der Waals surface area contributed by atoms with E-state index < -0.39 is 0 Å². The fraction of sp³-hybridized carbons (Fsp3) is 0.438. The van der Waals surface area contributed by atoms with Gasteiger partial charge in [-0.1, -0.05) is 12.2 Å². The molecule has 0 unspecified atom stereocenters. The molecule has 0 radical (unpaired) electrons. The number of likely N-dealkylation sites (N-methyl/N-ethyl adjacent to an activating group) is 1. The molecule has 0 fully saturated rings. The molecule has 0 heterocycles. The summed E-state index contributed by atoms with van der Waals surface area (Å²) in [5, 5.41) is 0. The van der Waals surface area contributed by atoms with Crippen molar-refractivity contribution in [1.29, 1.82) is 0 Å². The molecule has 116 valence electrons. The Balaban J connectivity index is 3.26. The predicted octanol–water partition coefficient (Wildman–Crippen LogP) is 2.75. The van der Waals surface area contributed by atoms with Crippen molar-refractivity contribution < 1.29 is 19.0 Å². The van der Waals surface area contributed by atoms with Gasteiger partial charge in [0.15, 0.2) is 11.5 Å². The topological polar surface area (TPSA) is 48.0 Å². The molecule has 5 nitrogen and oxygen atoms in total. The lowest BCUT2D eigenvalue weighted by molar-refractivity contribution is 0.0774. The maximum atomic E-state index is 12.7. The number of hydrogen-bond donors (Lipinski definition) is 0. The summed E-state index contributed by atoms with van der Waals surface area (Å²) in [6, 6.07) is 3.29. The third-order valence-corrected chi connectivity index (χ3v) is 3.07. The van der Waals surface area contributed by atoms with Crippen LogP contribution < -0.4 is 14.2 Å². The largest absolute Gasteiger partial charge is 0.496 e. The number of rotatable bonds is 7. The van der Waals surface area contributed by atoms with Crippen molar-refractivity contribution in [3.05, 3.63) is 29.8 Å². The first-order valence-electron chi connectivity index (χ1n) is 6.72. The van der Waals surface area contributed by atoms with Crippen LogP contribution in [-0.2, 0) is 0 Å². The second-order valence-electron chi connectivity index (χ2n) is 4.68. The summed E-state index contributed by atoms with van der Waals surface area (Å²) in [4.78, 5) is 14.4. The summed E-state index contributed by atoms with van der Waals surface area (Å²) in [6.07, 6.45) is 0. The number of ether oxygens (including phenoxy) is 3. The highest BCUT2D eigenvalue weighted by Gasteiger charge is 2.21. The van der Waals surface area contributed by atoms with E-state index in [0.29, 0.717) is 35.9 Å². The van der Waals surface area contributed by atoms with Crippen molar-refractivity contribution in [2.45, 2.75) is 13.8 Å². The van der Waals surface area contributed by atoms with E-state index in [4.69, 9.17) is 14.2 Å². The van der Waals surface area contributed by atoms with Gasteiger partial charge in [0.1, 0.15) is 5.75 Å². The molecular formula is C16H23NO4. The smallest absolute Gasteiger partial charge is 0.258 e. The minimum atomic E-state index is -0.127. The highest BCUT2D eigenvalue weighted by molar-refractivity contribution is 5.98. The van der Waals surface area contributed by atoms with Crippen LogP contribution in [-0.4, -0.2) is 45.2 Å². The van der Waals surface area contributed by atoms with Crippen molar-refractivity contribution in [3.63, 3.8) is 0 Å². The summed E-state index contributed by atoms with van der Waals surface area (Å²) in [5.41, 5.74) is 1.36. The summed E-state index contributed by atoms with van der Waals surface area (Å²) in [7, 11) is 4.59. The second kappa shape index (κ2) is 7.57. The molecule has 0 spiro atoms. The minimum absolute atomic E-state index is 0.127. The Hall–Kier alpha value is -2.17. The van der Waals surface area contributed by atoms with Gasteiger partial charge in [0.2, 0.25) is 0 Å². The normalized spacial score (nSPS) is 9.95. The van der Waals surface area contributed by atoms with Gasteiger partial charge in [0.25, 0.3) is 5.91 Å². The maximum absolute atomic E-state index is 12.7. The van der Waals surface area contributed by atoms with Crippen LogP contribution in [0.1, 0.15) is 24.2 Å². The fourth-order valence-electron chi connectivity index (χ4n) is 2.02. The summed E-state index contributed by atoms with van der Waals surface area (Å²) in [6.45, 7) is 8.76. The highest BCUT2D eigenvalue weighted by atomic mass is 16.5. The molecule has 1 aromatic carbocycles. The van der Waals surface area contributed by atoms with Crippen LogP contribution in [0.5, 0.6) is 17.2 Å². The van der Waals surface area contributed by atoms with E-state index in [1.807, 2.05) is 13.8 Å². The van der Waals surface area contributed by atoms with E-state index in [1.54, 1.807) is 17.0 Å². The van der Waals surface area contributed by atoms with E-state index in [-0.39, 0.29) is 5.91 Å². The molecule has 0 saturated carbocycles. The van der Waals surface area contributed by atoms with Crippen molar-refractivity contribution in [2.75, 3.05) is 34.4 Å². The Kier molecular flexibility index (Phi) is 6.09. The molecule has 0 aliphatic carbocycles. The van der Waals surface area contributed by atoms with Crippen molar-refractivity contribution in [2.24, 2.45) is 0 Å². The molecule has 0 aliphatic rings. The Labute approximate surface area is 126 Å². The van der Waals surface area contributed by atoms with Crippen LogP contribution in [0.25, 0.3) is 0 Å². The summed E-state index contributed by atoms with van der Waals surface area (Å²) in [5.74, 6) is 1.35. The molecule has 0 bridgehead atoms. The Morgan fingerprint density at radius 3 is 2.05 bits per heavy atom. The lowest BCUT2D eigenvalue weighted by Gasteiger charge is -2.22. The molecule has 1 aromatic rings. The average Bonchev–Trinajstić information content (AvgIpc) is 2.50. The monoisotopic (exact) mass is 293 g/mol. The first-order valence-corrected chi connectivity index (χ1v) is 6.72. The molecular weight excluding hydrogens is 270 g/mol. The zero-order valence-corrected chi connectivity index (χ0v) is 13.4. The van der Waals surface area contributed by atoms with Crippen LogP contribution >= 0.6 is 0 Å². The Morgan fingerprint density at radius 2 is 1.62 bits per heavy atom. The van der Waals surface area contributed by atoms with Crippen LogP contribution in [0.3, 0.4) is 0 Å². The number of carbonyl (C=O) groups is 1. The van der Waals surface area contributed by atoms with Crippen LogP contribution in [0.15, 0.2) is 24.3 Å². The standard InChI is InChI=1S/C16H23NO4/c1-7-17(10-11(2)3)16(18)12-8-14(20-5)15(21-6)9-13(12)19-4/h8-9H,2,7,10H2,1,3-6H3. The zero-order chi connectivity index (χ0) is 16.0. The third kappa shape index (κ3) is 3.90. The van der Waals surface area contributed by atoms with Gasteiger partial charge in [-0.25, -0.2) is 0 Å². The zero-order valence-electron chi connectivity index (χ0n) is 13.4. The van der Waals surface area contributed by atoms with Gasteiger partial charge in [-0.15, -0.1) is 0 Å². The second-order valence-corrected chi connectivity index (χ2v) is 4.68. The molecule has 1 amide bonds. The molecule has 5 heteroatoms. The number of carbonyl (C=O) groups excluding carboxylic acids is 1. The van der Waals surface area contributed by atoms with E-state index in [2.05, 4.69) is 6.58 Å². The predicted molar refractivity (Wildman–Crippen MR) is 82.5 cm³/mol. The SMILES string of the molecule is C=C(C)CN(CC)C(=O)c1cc(OC)c(OC)cc1OC. The molecule has 0 aliphatic heterocycles. The number of methoxy groups -OCH3 is 3.